The molecule has 0 spiro atoms. The highest BCUT2D eigenvalue weighted by molar-refractivity contribution is 5.93. The van der Waals surface area contributed by atoms with Crippen LogP contribution in [-0.2, 0) is 6.42 Å². The average molecular weight is 347 g/mol. The van der Waals surface area contributed by atoms with E-state index < -0.39 is 0 Å². The molecule has 1 saturated carbocycles. The maximum Gasteiger partial charge on any atom is 0.255 e. The van der Waals surface area contributed by atoms with Gasteiger partial charge in [-0.05, 0) is 43.7 Å². The van der Waals surface area contributed by atoms with Gasteiger partial charge in [-0.25, -0.2) is 4.98 Å². The summed E-state index contributed by atoms with van der Waals surface area (Å²) in [5.74, 6) is 0.802. The number of rotatable bonds is 3. The molecule has 132 valence electrons. The van der Waals surface area contributed by atoms with Crippen LogP contribution in [0.1, 0.15) is 59.5 Å². The fraction of sp³-hybridized carbons (Fsp3) is 0.350. The number of fused-ring (bicyclic) bond motifs is 3. The van der Waals surface area contributed by atoms with Crippen molar-refractivity contribution in [2.75, 3.05) is 0 Å². The molecule has 1 amide bonds. The first-order valence-corrected chi connectivity index (χ1v) is 9.26. The van der Waals surface area contributed by atoms with Gasteiger partial charge >= 0.3 is 0 Å². The molecule has 5 rings (SSSR count). The van der Waals surface area contributed by atoms with Crippen LogP contribution in [0.3, 0.4) is 0 Å². The van der Waals surface area contributed by atoms with Crippen molar-refractivity contribution in [3.8, 4) is 5.69 Å². The third-order valence-corrected chi connectivity index (χ3v) is 5.55. The van der Waals surface area contributed by atoms with Gasteiger partial charge < -0.3 is 9.88 Å². The van der Waals surface area contributed by atoms with Crippen LogP contribution in [0.15, 0.2) is 49.1 Å². The molecule has 1 N–H and O–H groups in total. The Morgan fingerprint density at radius 1 is 1.19 bits per heavy atom. The second-order valence-electron chi connectivity index (χ2n) is 7.14. The van der Waals surface area contributed by atoms with E-state index in [-0.39, 0.29) is 11.9 Å². The van der Waals surface area contributed by atoms with E-state index in [4.69, 9.17) is 0 Å². The number of amides is 1. The number of carbonyl (C=O) groups is 1. The minimum absolute atomic E-state index is 0.0823. The van der Waals surface area contributed by atoms with E-state index in [0.29, 0.717) is 11.6 Å². The lowest BCUT2D eigenvalue weighted by Crippen LogP contribution is -2.30. The number of aromatic nitrogens is 4. The van der Waals surface area contributed by atoms with Crippen LogP contribution in [0.4, 0.5) is 0 Å². The standard InChI is InChI=1S/C20H21N5O/c26-20(15-12-22-25(13-15)16-5-3-6-16)23-17-9-8-14-4-1-2-7-18(14)24-11-10-21-19(17)24/h1-2,4,7,10-13,16-17H,3,5-6,8-9H2,(H,23,26). The number of nitrogens with zero attached hydrogens (tertiary/aromatic N) is 4. The van der Waals surface area contributed by atoms with Crippen molar-refractivity contribution < 1.29 is 4.79 Å². The Kier molecular flexibility index (Phi) is 3.62. The Morgan fingerprint density at radius 3 is 2.92 bits per heavy atom. The number of hydrogen-bond donors (Lipinski definition) is 1. The van der Waals surface area contributed by atoms with Gasteiger partial charge in [0.25, 0.3) is 5.91 Å². The van der Waals surface area contributed by atoms with Crippen LogP contribution in [-0.4, -0.2) is 25.2 Å². The summed E-state index contributed by atoms with van der Waals surface area (Å²) >= 11 is 0. The second-order valence-corrected chi connectivity index (χ2v) is 7.14. The number of nitrogens with one attached hydrogen (secondary N) is 1. The summed E-state index contributed by atoms with van der Waals surface area (Å²) in [5, 5.41) is 7.54. The summed E-state index contributed by atoms with van der Waals surface area (Å²) in [6.45, 7) is 0. The van der Waals surface area contributed by atoms with Crippen molar-refractivity contribution in [2.45, 2.75) is 44.2 Å². The largest absolute Gasteiger partial charge is 0.342 e. The quantitative estimate of drug-likeness (QED) is 0.791. The molecule has 2 aliphatic rings. The van der Waals surface area contributed by atoms with Crippen LogP contribution in [0.25, 0.3) is 5.69 Å². The highest BCUT2D eigenvalue weighted by Gasteiger charge is 2.26. The summed E-state index contributed by atoms with van der Waals surface area (Å²) in [6, 6.07) is 8.69. The van der Waals surface area contributed by atoms with Crippen LogP contribution in [0.2, 0.25) is 0 Å². The van der Waals surface area contributed by atoms with Crippen LogP contribution in [0, 0.1) is 0 Å². The van der Waals surface area contributed by atoms with E-state index in [1.54, 1.807) is 12.4 Å². The third-order valence-electron chi connectivity index (χ3n) is 5.55. The molecule has 1 fully saturated rings. The fourth-order valence-corrected chi connectivity index (χ4v) is 3.85. The zero-order valence-corrected chi connectivity index (χ0v) is 14.5. The number of hydrogen-bond acceptors (Lipinski definition) is 3. The van der Waals surface area contributed by atoms with E-state index in [1.165, 1.54) is 12.0 Å². The topological polar surface area (TPSA) is 64.7 Å². The number of imidazole rings is 1. The summed E-state index contributed by atoms with van der Waals surface area (Å²) < 4.78 is 4.02. The Balaban J connectivity index is 1.39. The Morgan fingerprint density at radius 2 is 2.08 bits per heavy atom. The molecule has 1 aromatic carbocycles. The Labute approximate surface area is 151 Å². The van der Waals surface area contributed by atoms with Gasteiger partial charge in [0, 0.05) is 24.3 Å². The summed E-state index contributed by atoms with van der Waals surface area (Å²) in [5.41, 5.74) is 3.05. The molecular weight excluding hydrogens is 326 g/mol. The normalized spacial score (nSPS) is 19.2. The van der Waals surface area contributed by atoms with Gasteiger partial charge in [-0.15, -0.1) is 0 Å². The van der Waals surface area contributed by atoms with Crippen LogP contribution < -0.4 is 5.32 Å². The van der Waals surface area contributed by atoms with Gasteiger partial charge in [0.2, 0.25) is 0 Å². The minimum atomic E-state index is -0.114. The van der Waals surface area contributed by atoms with Gasteiger partial charge in [-0.1, -0.05) is 18.2 Å². The summed E-state index contributed by atoms with van der Waals surface area (Å²) in [4.78, 5) is 17.3. The summed E-state index contributed by atoms with van der Waals surface area (Å²) in [6.07, 6.45) is 12.6. The molecule has 1 aliphatic carbocycles. The van der Waals surface area contributed by atoms with Gasteiger partial charge in [0.05, 0.1) is 23.8 Å². The first-order valence-electron chi connectivity index (χ1n) is 9.26. The maximum atomic E-state index is 12.8. The van der Waals surface area contributed by atoms with Crippen molar-refractivity contribution in [3.63, 3.8) is 0 Å². The smallest absolute Gasteiger partial charge is 0.255 e. The fourth-order valence-electron chi connectivity index (χ4n) is 3.85. The van der Waals surface area contributed by atoms with Crippen molar-refractivity contribution >= 4 is 5.91 Å². The van der Waals surface area contributed by atoms with Crippen LogP contribution >= 0.6 is 0 Å². The van der Waals surface area contributed by atoms with E-state index in [1.807, 2.05) is 23.1 Å². The van der Waals surface area contributed by atoms with Crippen molar-refractivity contribution in [2.24, 2.45) is 0 Å². The average Bonchev–Trinajstić information content (AvgIpc) is 3.24. The molecule has 0 saturated heterocycles. The predicted molar refractivity (Wildman–Crippen MR) is 97.2 cm³/mol. The monoisotopic (exact) mass is 347 g/mol. The number of carbonyl (C=O) groups excluding carboxylic acids is 1. The lowest BCUT2D eigenvalue weighted by Gasteiger charge is -2.25. The van der Waals surface area contributed by atoms with E-state index in [2.05, 4.69) is 38.2 Å². The summed E-state index contributed by atoms with van der Waals surface area (Å²) in [7, 11) is 0. The molecule has 6 nitrogen and oxygen atoms in total. The first kappa shape index (κ1) is 15.4. The molecule has 2 aromatic heterocycles. The van der Waals surface area contributed by atoms with Gasteiger partial charge in [-0.3, -0.25) is 9.48 Å². The van der Waals surface area contributed by atoms with Gasteiger partial charge in [-0.2, -0.15) is 5.10 Å². The van der Waals surface area contributed by atoms with Crippen LogP contribution in [0.5, 0.6) is 0 Å². The Bertz CT molecular complexity index is 953. The molecule has 1 unspecified atom stereocenters. The second kappa shape index (κ2) is 6.12. The van der Waals surface area contributed by atoms with Gasteiger partial charge in [0.1, 0.15) is 5.82 Å². The lowest BCUT2D eigenvalue weighted by atomic mass is 9.93. The Hall–Kier alpha value is -2.89. The molecule has 3 heterocycles. The number of para-hydroxylation sites is 1. The molecular formula is C20H21N5O. The van der Waals surface area contributed by atoms with E-state index in [0.717, 1.165) is 37.2 Å². The van der Waals surface area contributed by atoms with Gasteiger partial charge in [0.15, 0.2) is 0 Å². The molecule has 0 bridgehead atoms. The molecule has 3 aromatic rings. The molecule has 1 aliphatic heterocycles. The highest BCUT2D eigenvalue weighted by atomic mass is 16.1. The third kappa shape index (κ3) is 2.53. The maximum absolute atomic E-state index is 12.8. The zero-order valence-electron chi connectivity index (χ0n) is 14.5. The highest BCUT2D eigenvalue weighted by Crippen LogP contribution is 2.31. The van der Waals surface area contributed by atoms with Crippen molar-refractivity contribution in [1.82, 2.24) is 24.6 Å². The molecule has 26 heavy (non-hydrogen) atoms. The minimum Gasteiger partial charge on any atom is -0.342 e. The zero-order chi connectivity index (χ0) is 17.5. The molecule has 6 heteroatoms. The molecule has 1 atom stereocenters. The van der Waals surface area contributed by atoms with Crippen molar-refractivity contribution in [1.29, 1.82) is 0 Å². The predicted octanol–water partition coefficient (Wildman–Crippen LogP) is 3.21. The SMILES string of the molecule is O=C(NC1CCc2ccccc2-n2ccnc21)c1cnn(C2CCC2)c1. The van der Waals surface area contributed by atoms with E-state index in [9.17, 15) is 4.79 Å². The first-order chi connectivity index (χ1) is 12.8. The van der Waals surface area contributed by atoms with Crippen molar-refractivity contribution in [3.05, 3.63) is 66.0 Å². The molecule has 0 radical (unpaired) electrons. The number of aryl methyl sites for hydroxylation is 1. The van der Waals surface area contributed by atoms with E-state index >= 15 is 0 Å². The lowest BCUT2D eigenvalue weighted by molar-refractivity contribution is 0.0932. The number of benzene rings is 1.